The number of hydrogen-bond donors (Lipinski definition) is 6. The molecule has 0 aliphatic rings. The summed E-state index contributed by atoms with van der Waals surface area (Å²) in [4.78, 5) is 65.5. The van der Waals surface area contributed by atoms with E-state index in [2.05, 4.69) is 0 Å². The van der Waals surface area contributed by atoms with Crippen LogP contribution in [0.5, 0.6) is 0 Å². The molecule has 298 valence electrons. The zero-order valence-corrected chi connectivity index (χ0v) is 28.9. The zero-order valence-electron chi connectivity index (χ0n) is 28.9. The molecule has 0 aromatic heterocycles. The second kappa shape index (κ2) is 36.5. The number of carboxylic acid groups (broad SMARTS) is 2. The molecule has 0 heterocycles. The first-order valence-electron chi connectivity index (χ1n) is 16.0. The highest BCUT2D eigenvalue weighted by molar-refractivity contribution is 5.91. The Hall–Kier alpha value is -4.28. The Labute approximate surface area is 300 Å². The van der Waals surface area contributed by atoms with Crippen LogP contribution in [0.3, 0.4) is 0 Å². The molecule has 0 aliphatic heterocycles. The highest BCUT2D eigenvalue weighted by Gasteiger charge is 2.10. The van der Waals surface area contributed by atoms with Gasteiger partial charge < -0.3 is 68.5 Å². The third-order valence-electron chi connectivity index (χ3n) is 5.35. The Balaban J connectivity index is 0. The van der Waals surface area contributed by atoms with Crippen LogP contribution in [0.2, 0.25) is 0 Å². The highest BCUT2D eigenvalue weighted by atomic mass is 16.6. The van der Waals surface area contributed by atoms with Crippen molar-refractivity contribution in [2.75, 3.05) is 106 Å². The van der Waals surface area contributed by atoms with Crippen molar-refractivity contribution >= 4 is 35.8 Å². The summed E-state index contributed by atoms with van der Waals surface area (Å²) in [6, 6.07) is 5.02. The van der Waals surface area contributed by atoms with Gasteiger partial charge in [0.25, 0.3) is 0 Å². The summed E-state index contributed by atoms with van der Waals surface area (Å²) in [5.41, 5.74) is 0.167. The Morgan fingerprint density at radius 3 is 0.750 bits per heavy atom. The lowest BCUT2D eigenvalue weighted by Crippen LogP contribution is -2.15. The number of ether oxygens (including phenoxy) is 8. The number of esters is 4. The largest absolute Gasteiger partial charge is 0.478 e. The standard InChI is InChI=1S/2C12H22O8.C8H6O4/c2*13-3-5-17-7-9-19-11(15)1-2-12(16)20-10-8-18-6-4-14;9-7(10)5-1-2-6(4-3-5)8(11)12/h2*13-14H,1-10H2;1-4H,(H,9,10)(H,11,12). The minimum atomic E-state index is -1.06. The SMILES string of the molecule is O=C(CCC(=O)OCCOCCO)OCCOCCO.O=C(CCC(=O)OCCOCCO)OCCOCCO.O=C(O)c1ccc(C(=O)O)cc1. The molecule has 0 fully saturated rings. The van der Waals surface area contributed by atoms with E-state index in [0.29, 0.717) is 0 Å². The van der Waals surface area contributed by atoms with Gasteiger partial charge in [0.05, 0.1) is 116 Å². The summed E-state index contributed by atoms with van der Waals surface area (Å²) in [6.07, 6.45) is -0.237. The van der Waals surface area contributed by atoms with Gasteiger partial charge >= 0.3 is 35.8 Å². The van der Waals surface area contributed by atoms with Crippen molar-refractivity contribution in [3.05, 3.63) is 35.4 Å². The maximum absolute atomic E-state index is 11.2. The van der Waals surface area contributed by atoms with E-state index >= 15 is 0 Å². The van der Waals surface area contributed by atoms with Crippen LogP contribution in [0.1, 0.15) is 46.4 Å². The number of carbonyl (C=O) groups is 6. The fourth-order valence-electron chi connectivity index (χ4n) is 2.98. The summed E-state index contributed by atoms with van der Waals surface area (Å²) < 4.78 is 38.7. The average molecular weight is 755 g/mol. The van der Waals surface area contributed by atoms with Crippen LogP contribution in [0.4, 0.5) is 0 Å². The normalized spacial score (nSPS) is 10.1. The van der Waals surface area contributed by atoms with Crippen molar-refractivity contribution in [2.24, 2.45) is 0 Å². The van der Waals surface area contributed by atoms with Crippen LogP contribution in [0, 0.1) is 0 Å². The van der Waals surface area contributed by atoms with Crippen LogP contribution in [-0.2, 0) is 57.1 Å². The van der Waals surface area contributed by atoms with Gasteiger partial charge in [0.1, 0.15) is 26.4 Å². The van der Waals surface area contributed by atoms with Gasteiger partial charge in [-0.3, -0.25) is 19.2 Å². The molecule has 1 aromatic rings. The van der Waals surface area contributed by atoms with Gasteiger partial charge in [-0.1, -0.05) is 0 Å². The molecule has 0 saturated carbocycles. The molecule has 1 rings (SSSR count). The minimum absolute atomic E-state index is 0.0592. The molecule has 20 heteroatoms. The van der Waals surface area contributed by atoms with Gasteiger partial charge in [-0.15, -0.1) is 0 Å². The number of rotatable bonds is 28. The number of carboxylic acids is 2. The monoisotopic (exact) mass is 754 g/mol. The molecule has 20 nitrogen and oxygen atoms in total. The maximum Gasteiger partial charge on any atom is 0.335 e. The van der Waals surface area contributed by atoms with Crippen LogP contribution in [0.15, 0.2) is 24.3 Å². The predicted octanol–water partition coefficient (Wildman–Crippen LogP) is -1.18. The van der Waals surface area contributed by atoms with Gasteiger partial charge in [-0.05, 0) is 24.3 Å². The first kappa shape index (κ1) is 49.8. The molecule has 52 heavy (non-hydrogen) atoms. The van der Waals surface area contributed by atoms with Crippen molar-refractivity contribution in [1.29, 1.82) is 0 Å². The number of aromatic carboxylic acids is 2. The topological polar surface area (TPSA) is 298 Å². The van der Waals surface area contributed by atoms with Crippen molar-refractivity contribution in [3.8, 4) is 0 Å². The van der Waals surface area contributed by atoms with Gasteiger partial charge in [0.15, 0.2) is 0 Å². The summed E-state index contributed by atoms with van der Waals surface area (Å²) in [7, 11) is 0. The van der Waals surface area contributed by atoms with E-state index in [1.807, 2.05) is 0 Å². The number of benzene rings is 1. The molecule has 0 saturated heterocycles. The van der Waals surface area contributed by atoms with E-state index in [0.717, 1.165) is 0 Å². The number of hydrogen-bond acceptors (Lipinski definition) is 18. The second-order valence-corrected chi connectivity index (χ2v) is 9.41. The lowest BCUT2D eigenvalue weighted by Gasteiger charge is -2.06. The Morgan fingerprint density at radius 2 is 0.577 bits per heavy atom. The fraction of sp³-hybridized carbons (Fsp3) is 0.625. The van der Waals surface area contributed by atoms with Gasteiger partial charge in [-0.25, -0.2) is 9.59 Å². The first-order valence-corrected chi connectivity index (χ1v) is 16.0. The van der Waals surface area contributed by atoms with Crippen LogP contribution in [0.25, 0.3) is 0 Å². The van der Waals surface area contributed by atoms with Gasteiger partial charge in [0, 0.05) is 0 Å². The number of aliphatic hydroxyl groups is 4. The summed E-state index contributed by atoms with van der Waals surface area (Å²) in [6.45, 7) is 1.63. The van der Waals surface area contributed by atoms with Crippen LogP contribution in [-0.4, -0.2) is 172 Å². The Kier molecular flexibility index (Phi) is 35.0. The molecule has 0 bridgehead atoms. The first-order chi connectivity index (χ1) is 25.0. The molecule has 0 radical (unpaired) electrons. The molecular formula is C32H50O20. The zero-order chi connectivity index (χ0) is 39.2. The van der Waals surface area contributed by atoms with Crippen molar-refractivity contribution in [3.63, 3.8) is 0 Å². The van der Waals surface area contributed by atoms with Crippen molar-refractivity contribution < 1.29 is 97.3 Å². The van der Waals surface area contributed by atoms with Crippen molar-refractivity contribution in [1.82, 2.24) is 0 Å². The number of aliphatic hydroxyl groups excluding tert-OH is 4. The minimum Gasteiger partial charge on any atom is -0.478 e. The third-order valence-corrected chi connectivity index (χ3v) is 5.35. The van der Waals surface area contributed by atoms with E-state index in [9.17, 15) is 28.8 Å². The van der Waals surface area contributed by atoms with Gasteiger partial charge in [-0.2, -0.15) is 0 Å². The predicted molar refractivity (Wildman–Crippen MR) is 174 cm³/mol. The quantitative estimate of drug-likeness (QED) is 0.0333. The van der Waals surface area contributed by atoms with E-state index in [1.54, 1.807) is 0 Å². The smallest absolute Gasteiger partial charge is 0.335 e. The van der Waals surface area contributed by atoms with Crippen LogP contribution >= 0.6 is 0 Å². The molecule has 0 spiro atoms. The summed E-state index contributed by atoms with van der Waals surface area (Å²) in [5.74, 6) is -4.16. The Morgan fingerprint density at radius 1 is 0.365 bits per heavy atom. The molecular weight excluding hydrogens is 704 g/mol. The van der Waals surface area contributed by atoms with E-state index in [4.69, 9.17) is 68.5 Å². The van der Waals surface area contributed by atoms with E-state index in [-0.39, 0.29) is 143 Å². The summed E-state index contributed by atoms with van der Waals surface area (Å²) >= 11 is 0. The van der Waals surface area contributed by atoms with Gasteiger partial charge in [0.2, 0.25) is 0 Å². The van der Waals surface area contributed by atoms with E-state index < -0.39 is 35.8 Å². The fourth-order valence-corrected chi connectivity index (χ4v) is 2.98. The Bertz CT molecular complexity index is 957. The third kappa shape index (κ3) is 34.2. The molecule has 1 aromatic carbocycles. The lowest BCUT2D eigenvalue weighted by molar-refractivity contribution is -0.152. The van der Waals surface area contributed by atoms with Crippen molar-refractivity contribution in [2.45, 2.75) is 25.7 Å². The maximum atomic E-state index is 11.2. The van der Waals surface area contributed by atoms with Crippen LogP contribution < -0.4 is 0 Å². The second-order valence-electron chi connectivity index (χ2n) is 9.41. The molecule has 0 unspecified atom stereocenters. The average Bonchev–Trinajstić information content (AvgIpc) is 3.13. The summed E-state index contributed by atoms with van der Waals surface area (Å²) in [5, 5.41) is 50.7. The number of carbonyl (C=O) groups excluding carboxylic acids is 4. The molecule has 0 atom stereocenters. The highest BCUT2D eigenvalue weighted by Crippen LogP contribution is 2.04. The lowest BCUT2D eigenvalue weighted by atomic mass is 10.1. The molecule has 6 N–H and O–H groups in total. The molecule has 0 aliphatic carbocycles. The van der Waals surface area contributed by atoms with E-state index in [1.165, 1.54) is 24.3 Å². The molecule has 0 amide bonds.